The van der Waals surface area contributed by atoms with Gasteiger partial charge in [0.2, 0.25) is 0 Å². The van der Waals surface area contributed by atoms with Gasteiger partial charge in [-0.15, -0.1) is 0 Å². The third-order valence-corrected chi connectivity index (χ3v) is 5.39. The Morgan fingerprint density at radius 2 is 1.59 bits per heavy atom. The van der Waals surface area contributed by atoms with Crippen LogP contribution in [0.4, 0.5) is 17.2 Å². The van der Waals surface area contributed by atoms with Crippen molar-refractivity contribution in [1.29, 1.82) is 0 Å². The Labute approximate surface area is 159 Å². The lowest BCUT2D eigenvalue weighted by Gasteiger charge is -2.10. The second-order valence-corrected chi connectivity index (χ2v) is 7.57. The second-order valence-electron chi connectivity index (χ2n) is 5.89. The van der Waals surface area contributed by atoms with Gasteiger partial charge in [0.1, 0.15) is 11.6 Å². The van der Waals surface area contributed by atoms with Crippen LogP contribution in [0.25, 0.3) is 0 Å². The van der Waals surface area contributed by atoms with Crippen LogP contribution in [-0.4, -0.2) is 20.5 Å². The van der Waals surface area contributed by atoms with Crippen molar-refractivity contribution in [3.05, 3.63) is 72.4 Å². The molecule has 3 rings (SSSR count). The third-order valence-electron chi connectivity index (χ3n) is 4.02. The largest absolute Gasteiger partial charge is 0.497 e. The molecule has 0 saturated heterocycles. The Morgan fingerprint density at radius 3 is 2.15 bits per heavy atom. The van der Waals surface area contributed by atoms with Crippen molar-refractivity contribution >= 4 is 27.2 Å². The minimum atomic E-state index is -3.71. The maximum atomic E-state index is 12.4. The van der Waals surface area contributed by atoms with Crippen molar-refractivity contribution in [2.75, 3.05) is 17.1 Å². The minimum absolute atomic E-state index is 0.142. The van der Waals surface area contributed by atoms with Gasteiger partial charge in [0.25, 0.3) is 10.0 Å². The number of rotatable bonds is 7. The zero-order valence-corrected chi connectivity index (χ0v) is 16.0. The molecule has 6 nitrogen and oxygen atoms in total. The fourth-order valence-electron chi connectivity index (χ4n) is 2.47. The lowest BCUT2D eigenvalue weighted by molar-refractivity contribution is 0.414. The van der Waals surface area contributed by atoms with E-state index >= 15 is 0 Å². The topological polar surface area (TPSA) is 80.3 Å². The van der Waals surface area contributed by atoms with Crippen molar-refractivity contribution in [3.63, 3.8) is 0 Å². The standard InChI is InChI=1S/C20H21N3O3S/c1-3-15-4-6-16(7-5-15)22-17-8-13-20(21-14-17)23-27(24,25)19-11-9-18(26-2)10-12-19/h4-14,22H,3H2,1-2H3,(H,21,23). The van der Waals surface area contributed by atoms with E-state index in [4.69, 9.17) is 4.74 Å². The molecule has 0 amide bonds. The molecule has 1 heterocycles. The highest BCUT2D eigenvalue weighted by Crippen LogP contribution is 2.21. The van der Waals surface area contributed by atoms with Crippen molar-refractivity contribution in [1.82, 2.24) is 4.98 Å². The van der Waals surface area contributed by atoms with Crippen LogP contribution >= 0.6 is 0 Å². The number of benzene rings is 2. The van der Waals surface area contributed by atoms with Crippen LogP contribution in [0.5, 0.6) is 5.75 Å². The van der Waals surface area contributed by atoms with Gasteiger partial charge in [-0.1, -0.05) is 19.1 Å². The highest BCUT2D eigenvalue weighted by atomic mass is 32.2. The van der Waals surface area contributed by atoms with Crippen molar-refractivity contribution in [2.45, 2.75) is 18.2 Å². The average Bonchev–Trinajstić information content (AvgIpc) is 2.70. The van der Waals surface area contributed by atoms with Gasteiger partial charge in [0, 0.05) is 5.69 Å². The molecule has 0 aliphatic carbocycles. The van der Waals surface area contributed by atoms with Gasteiger partial charge >= 0.3 is 0 Å². The predicted molar refractivity (Wildman–Crippen MR) is 107 cm³/mol. The Hall–Kier alpha value is -3.06. The molecule has 0 aliphatic rings. The molecule has 1 aromatic heterocycles. The number of aromatic nitrogens is 1. The molecule has 0 atom stereocenters. The SMILES string of the molecule is CCc1ccc(Nc2ccc(NS(=O)(=O)c3ccc(OC)cc3)nc2)cc1. The molecule has 3 aromatic rings. The van der Waals surface area contributed by atoms with Crippen LogP contribution in [0.15, 0.2) is 71.8 Å². The maximum Gasteiger partial charge on any atom is 0.263 e. The maximum absolute atomic E-state index is 12.4. The van der Waals surface area contributed by atoms with Crippen LogP contribution < -0.4 is 14.8 Å². The summed E-state index contributed by atoms with van der Waals surface area (Å²) in [5.74, 6) is 0.840. The molecule has 0 saturated carbocycles. The summed E-state index contributed by atoms with van der Waals surface area (Å²) in [7, 11) is -2.18. The number of sulfonamides is 1. The normalized spacial score (nSPS) is 11.0. The first kappa shape index (κ1) is 18.7. The molecule has 0 bridgehead atoms. The van der Waals surface area contributed by atoms with Crippen LogP contribution in [0, 0.1) is 0 Å². The van der Waals surface area contributed by atoms with Crippen molar-refractivity contribution in [3.8, 4) is 5.75 Å². The molecule has 0 unspecified atom stereocenters. The lowest BCUT2D eigenvalue weighted by atomic mass is 10.1. The van der Waals surface area contributed by atoms with E-state index in [0.717, 1.165) is 17.8 Å². The number of methoxy groups -OCH3 is 1. The molecule has 7 heteroatoms. The Bertz CT molecular complexity index is 984. The summed E-state index contributed by atoms with van der Waals surface area (Å²) in [6.45, 7) is 2.11. The Balaban J connectivity index is 1.68. The first-order valence-corrected chi connectivity index (χ1v) is 9.97. The number of aryl methyl sites for hydroxylation is 1. The van der Waals surface area contributed by atoms with E-state index in [1.165, 1.54) is 24.8 Å². The van der Waals surface area contributed by atoms with Crippen LogP contribution in [0.1, 0.15) is 12.5 Å². The molecule has 0 aliphatic heterocycles. The highest BCUT2D eigenvalue weighted by molar-refractivity contribution is 7.92. The Morgan fingerprint density at radius 1 is 0.926 bits per heavy atom. The molecule has 2 aromatic carbocycles. The molecular weight excluding hydrogens is 362 g/mol. The number of hydrogen-bond acceptors (Lipinski definition) is 5. The number of anilines is 3. The van der Waals surface area contributed by atoms with E-state index in [1.807, 2.05) is 12.1 Å². The quantitative estimate of drug-likeness (QED) is 0.639. The molecule has 2 N–H and O–H groups in total. The van der Waals surface area contributed by atoms with Gasteiger partial charge < -0.3 is 10.1 Å². The molecular formula is C20H21N3O3S. The van der Waals surface area contributed by atoms with E-state index in [2.05, 4.69) is 34.1 Å². The lowest BCUT2D eigenvalue weighted by Crippen LogP contribution is -2.13. The second kappa shape index (κ2) is 8.09. The summed E-state index contributed by atoms with van der Waals surface area (Å²) in [6.07, 6.45) is 2.57. The number of pyridine rings is 1. The number of nitrogens with one attached hydrogen (secondary N) is 2. The van der Waals surface area contributed by atoms with E-state index < -0.39 is 10.0 Å². The van der Waals surface area contributed by atoms with Crippen LogP contribution in [-0.2, 0) is 16.4 Å². The predicted octanol–water partition coefficient (Wildman–Crippen LogP) is 4.20. The third kappa shape index (κ3) is 4.77. The zero-order chi connectivity index (χ0) is 19.3. The van der Waals surface area contributed by atoms with Gasteiger partial charge in [0.15, 0.2) is 0 Å². The smallest absolute Gasteiger partial charge is 0.263 e. The molecule has 140 valence electrons. The molecule has 0 spiro atoms. The summed E-state index contributed by atoms with van der Waals surface area (Å²) < 4.78 is 32.4. The van der Waals surface area contributed by atoms with Gasteiger partial charge in [-0.2, -0.15) is 0 Å². The Kier molecular flexibility index (Phi) is 5.61. The van der Waals surface area contributed by atoms with Gasteiger partial charge in [-0.3, -0.25) is 4.72 Å². The van der Waals surface area contributed by atoms with Gasteiger partial charge in [-0.05, 0) is 60.5 Å². The van der Waals surface area contributed by atoms with Crippen LogP contribution in [0.2, 0.25) is 0 Å². The first-order valence-electron chi connectivity index (χ1n) is 8.49. The summed E-state index contributed by atoms with van der Waals surface area (Å²) in [5.41, 5.74) is 2.98. The van der Waals surface area contributed by atoms with Crippen molar-refractivity contribution in [2.24, 2.45) is 0 Å². The number of hydrogen-bond donors (Lipinski definition) is 2. The summed E-state index contributed by atoms with van der Waals surface area (Å²) in [4.78, 5) is 4.32. The minimum Gasteiger partial charge on any atom is -0.497 e. The molecule has 27 heavy (non-hydrogen) atoms. The number of nitrogens with zero attached hydrogens (tertiary/aromatic N) is 1. The summed E-state index contributed by atoms with van der Waals surface area (Å²) in [5, 5.41) is 3.24. The fraction of sp³-hybridized carbons (Fsp3) is 0.150. The zero-order valence-electron chi connectivity index (χ0n) is 15.1. The first-order chi connectivity index (χ1) is 13.0. The van der Waals surface area contributed by atoms with Gasteiger partial charge in [0.05, 0.1) is 23.9 Å². The van der Waals surface area contributed by atoms with E-state index in [-0.39, 0.29) is 10.7 Å². The summed E-state index contributed by atoms with van der Waals surface area (Å²) in [6, 6.07) is 17.7. The van der Waals surface area contributed by atoms with Crippen LogP contribution in [0.3, 0.4) is 0 Å². The van der Waals surface area contributed by atoms with Crippen molar-refractivity contribution < 1.29 is 13.2 Å². The van der Waals surface area contributed by atoms with E-state index in [0.29, 0.717) is 5.75 Å². The van der Waals surface area contributed by atoms with E-state index in [1.54, 1.807) is 30.5 Å². The van der Waals surface area contributed by atoms with Gasteiger partial charge in [-0.25, -0.2) is 13.4 Å². The fourth-order valence-corrected chi connectivity index (χ4v) is 3.48. The summed E-state index contributed by atoms with van der Waals surface area (Å²) >= 11 is 0. The molecule has 0 radical (unpaired) electrons. The highest BCUT2D eigenvalue weighted by Gasteiger charge is 2.14. The monoisotopic (exact) mass is 383 g/mol. The number of ether oxygens (including phenoxy) is 1. The molecule has 0 fully saturated rings. The van der Waals surface area contributed by atoms with E-state index in [9.17, 15) is 8.42 Å². The average molecular weight is 383 g/mol.